The van der Waals surface area contributed by atoms with Gasteiger partial charge in [0.25, 0.3) is 0 Å². The number of fused-ring (bicyclic) bond motifs is 1. The number of hydrogen-bond donors (Lipinski definition) is 1. The van der Waals surface area contributed by atoms with Crippen molar-refractivity contribution in [2.75, 3.05) is 5.43 Å². The topological polar surface area (TPSA) is 55.6 Å². The Morgan fingerprint density at radius 1 is 1.06 bits per heavy atom. The van der Waals surface area contributed by atoms with Crippen molar-refractivity contribution in [2.24, 2.45) is 0 Å². The van der Waals surface area contributed by atoms with Gasteiger partial charge in [-0.05, 0) is 12.1 Å². The molecule has 0 aromatic heterocycles. The number of hydrogen-bond acceptors (Lipinski definition) is 4. The average Bonchev–Trinajstić information content (AvgIpc) is 2.80. The summed E-state index contributed by atoms with van der Waals surface area (Å²) in [7, 11) is 0. The van der Waals surface area contributed by atoms with Crippen molar-refractivity contribution in [2.45, 2.75) is 0 Å². The van der Waals surface area contributed by atoms with E-state index in [1.165, 1.54) is 0 Å². The molecule has 0 fully saturated rings. The van der Waals surface area contributed by atoms with E-state index in [0.717, 1.165) is 17.1 Å². The molecule has 0 radical (unpaired) electrons. The molecule has 2 aliphatic heterocycles. The largest absolute Gasteiger partial charge is 0.293 e. The van der Waals surface area contributed by atoms with E-state index in [1.54, 1.807) is 23.4 Å². The van der Waals surface area contributed by atoms with Gasteiger partial charge in [-0.25, -0.2) is 9.66 Å². The predicted molar refractivity (Wildman–Crippen MR) is 59.9 cm³/mol. The lowest BCUT2D eigenvalue weighted by Gasteiger charge is -2.12. The summed E-state index contributed by atoms with van der Waals surface area (Å²) in [5.41, 5.74) is 5.87. The molecule has 0 bridgehead atoms. The molecule has 2 aliphatic rings. The predicted octanol–water partition coefficient (Wildman–Crippen LogP) is 1.65. The second-order valence-electron chi connectivity index (χ2n) is 3.36. The lowest BCUT2D eigenvalue weighted by atomic mass is 10.3. The van der Waals surface area contributed by atoms with Gasteiger partial charge in [0.2, 0.25) is 0 Å². The summed E-state index contributed by atoms with van der Waals surface area (Å²) in [5.74, 6) is 0. The van der Waals surface area contributed by atoms with Gasteiger partial charge < -0.3 is 0 Å². The van der Waals surface area contributed by atoms with E-state index in [9.17, 15) is 0 Å². The smallest absolute Gasteiger partial charge is 0.131 e. The van der Waals surface area contributed by atoms with Crippen molar-refractivity contribution >= 4 is 5.69 Å². The first kappa shape index (κ1) is 8.84. The van der Waals surface area contributed by atoms with Gasteiger partial charge in [-0.3, -0.25) is 5.43 Å². The number of rotatable bonds is 2. The summed E-state index contributed by atoms with van der Waals surface area (Å²) in [5, 5.41) is 7.80. The highest BCUT2D eigenvalue weighted by Crippen LogP contribution is 2.16. The Morgan fingerprint density at radius 3 is 2.81 bits per heavy atom. The van der Waals surface area contributed by atoms with E-state index in [-0.39, 0.29) is 0 Å². The minimum atomic E-state index is 0.769. The molecule has 16 heavy (non-hydrogen) atoms. The van der Waals surface area contributed by atoms with Crippen LogP contribution in [0.5, 0.6) is 0 Å². The molecule has 0 spiro atoms. The Bertz CT molecular complexity index is 560. The van der Waals surface area contributed by atoms with Crippen molar-refractivity contribution in [3.8, 4) is 11.4 Å². The van der Waals surface area contributed by atoms with E-state index < -0.39 is 0 Å². The Kier molecular flexibility index (Phi) is 2.00. The van der Waals surface area contributed by atoms with Crippen LogP contribution in [0.1, 0.15) is 0 Å². The Balaban J connectivity index is 1.99. The van der Waals surface area contributed by atoms with E-state index in [4.69, 9.17) is 0 Å². The maximum Gasteiger partial charge on any atom is 0.131 e. The van der Waals surface area contributed by atoms with Crippen LogP contribution < -0.4 is 5.43 Å². The normalized spacial score (nSPS) is 10.5. The molecule has 0 unspecified atom stereocenters. The maximum atomic E-state index is 4.08. The van der Waals surface area contributed by atoms with Crippen LogP contribution in [-0.2, 0) is 0 Å². The van der Waals surface area contributed by atoms with Crippen LogP contribution in [0.25, 0.3) is 11.4 Å². The second-order valence-corrected chi connectivity index (χ2v) is 3.36. The van der Waals surface area contributed by atoms with Gasteiger partial charge in [0.05, 0.1) is 18.1 Å². The second kappa shape index (κ2) is 3.62. The van der Waals surface area contributed by atoms with E-state index in [1.807, 2.05) is 30.3 Å². The van der Waals surface area contributed by atoms with Crippen molar-refractivity contribution in [3.63, 3.8) is 0 Å². The summed E-state index contributed by atoms with van der Waals surface area (Å²) >= 11 is 0. The molecular weight excluding hydrogens is 202 g/mol. The minimum Gasteiger partial charge on any atom is -0.293 e. The highest BCUT2D eigenvalue weighted by Gasteiger charge is 2.08. The number of benzene rings is 1. The van der Waals surface area contributed by atoms with Crippen molar-refractivity contribution in [1.29, 1.82) is 0 Å². The molecule has 3 rings (SSSR count). The number of para-hydroxylation sites is 1. The van der Waals surface area contributed by atoms with E-state index >= 15 is 0 Å². The fraction of sp³-hybridized carbons (Fsp3) is 0. The first-order valence-corrected chi connectivity index (χ1v) is 4.89. The molecule has 0 saturated carbocycles. The average molecular weight is 211 g/mol. The monoisotopic (exact) mass is 211 g/mol. The molecule has 0 aliphatic carbocycles. The first-order valence-electron chi connectivity index (χ1n) is 4.89. The molecular formula is C11H9N5. The number of nitrogens with one attached hydrogen (secondary N) is 1. The van der Waals surface area contributed by atoms with Gasteiger partial charge >= 0.3 is 0 Å². The highest BCUT2D eigenvalue weighted by atomic mass is 15.4. The lowest BCUT2D eigenvalue weighted by molar-refractivity contribution is 0.907. The summed E-state index contributed by atoms with van der Waals surface area (Å²) in [6.45, 7) is 0. The first-order chi connectivity index (χ1) is 7.93. The number of anilines is 1. The Hall–Kier alpha value is -2.43. The summed E-state index contributed by atoms with van der Waals surface area (Å²) in [6, 6.07) is 9.88. The van der Waals surface area contributed by atoms with Crippen molar-refractivity contribution in [1.82, 2.24) is 19.9 Å². The minimum absolute atomic E-state index is 0.769. The molecule has 5 heteroatoms. The molecule has 1 aromatic carbocycles. The van der Waals surface area contributed by atoms with E-state index in [0.29, 0.717) is 0 Å². The fourth-order valence-electron chi connectivity index (χ4n) is 1.51. The third kappa shape index (κ3) is 1.48. The van der Waals surface area contributed by atoms with Crippen molar-refractivity contribution in [3.05, 3.63) is 49.1 Å². The lowest BCUT2D eigenvalue weighted by Crippen LogP contribution is -2.12. The van der Waals surface area contributed by atoms with E-state index in [2.05, 4.69) is 20.6 Å². The standard InChI is InChI=1S/C11H9N5/c1-2-4-9(5-3-1)15-16-8-12-6-10-11(16)7-13-14-10/h1-8,15H. The summed E-state index contributed by atoms with van der Waals surface area (Å²) < 4.78 is 1.80. The zero-order valence-corrected chi connectivity index (χ0v) is 8.41. The fourth-order valence-corrected chi connectivity index (χ4v) is 1.51. The maximum absolute atomic E-state index is 4.08. The van der Waals surface area contributed by atoms with Gasteiger partial charge in [0, 0.05) is 0 Å². The Morgan fingerprint density at radius 2 is 1.94 bits per heavy atom. The molecule has 5 nitrogen and oxygen atoms in total. The van der Waals surface area contributed by atoms with Crippen LogP contribution in [0.3, 0.4) is 0 Å². The number of aromatic nitrogens is 4. The third-order valence-corrected chi connectivity index (χ3v) is 2.27. The number of nitrogens with zero attached hydrogens (tertiary/aromatic N) is 4. The van der Waals surface area contributed by atoms with Crippen molar-refractivity contribution < 1.29 is 0 Å². The van der Waals surface area contributed by atoms with Gasteiger partial charge in [0.15, 0.2) is 0 Å². The molecule has 2 heterocycles. The SMILES string of the molecule is c1ccc(Nn2cncc3nncc2-3)cc1. The molecule has 0 saturated heterocycles. The van der Waals surface area contributed by atoms with Gasteiger partial charge in [-0.15, -0.1) is 5.10 Å². The summed E-state index contributed by atoms with van der Waals surface area (Å²) in [4.78, 5) is 4.08. The van der Waals surface area contributed by atoms with Gasteiger partial charge in [-0.1, -0.05) is 18.2 Å². The molecule has 0 atom stereocenters. The van der Waals surface area contributed by atoms with Crippen LogP contribution in [-0.4, -0.2) is 19.9 Å². The van der Waals surface area contributed by atoms with Gasteiger partial charge in [-0.2, -0.15) is 5.10 Å². The van der Waals surface area contributed by atoms with Crippen LogP contribution in [0.4, 0.5) is 5.69 Å². The summed E-state index contributed by atoms with van der Waals surface area (Å²) in [6.07, 6.45) is 5.08. The molecule has 1 aromatic rings. The van der Waals surface area contributed by atoms with Crippen LogP contribution in [0.2, 0.25) is 0 Å². The third-order valence-electron chi connectivity index (χ3n) is 2.27. The van der Waals surface area contributed by atoms with Crippen LogP contribution in [0.15, 0.2) is 49.1 Å². The zero-order valence-electron chi connectivity index (χ0n) is 8.41. The zero-order chi connectivity index (χ0) is 10.8. The quantitative estimate of drug-likeness (QED) is 0.700. The van der Waals surface area contributed by atoms with Crippen LogP contribution in [0, 0.1) is 0 Å². The highest BCUT2D eigenvalue weighted by molar-refractivity contribution is 5.55. The molecule has 0 amide bonds. The van der Waals surface area contributed by atoms with Crippen LogP contribution >= 0.6 is 0 Å². The van der Waals surface area contributed by atoms with Gasteiger partial charge in [0.1, 0.15) is 17.7 Å². The molecule has 78 valence electrons. The molecule has 1 N–H and O–H groups in total. The Labute approximate surface area is 92.1 Å².